The highest BCUT2D eigenvalue weighted by atomic mass is 16.5. The van der Waals surface area contributed by atoms with Crippen LogP contribution in [-0.2, 0) is 28.9 Å². The normalized spacial score (nSPS) is 13.8. The van der Waals surface area contributed by atoms with Gasteiger partial charge >= 0.3 is 5.97 Å². The van der Waals surface area contributed by atoms with Crippen molar-refractivity contribution in [3.8, 4) is 0 Å². The highest BCUT2D eigenvalue weighted by molar-refractivity contribution is 5.96. The first kappa shape index (κ1) is 28.1. The minimum absolute atomic E-state index is 0.0351. The van der Waals surface area contributed by atoms with Gasteiger partial charge in [0.2, 0.25) is 5.91 Å². The SMILES string of the molecule is COC(=O)c1ccc2c(c1C)CC[C@@H]2NC(=O)c1cc(NC(=O)Cc2cccc(CNc3c(N)c(=O)c3=O)c2)ncn1. The highest BCUT2D eigenvalue weighted by Gasteiger charge is 2.28. The van der Waals surface area contributed by atoms with Crippen LogP contribution in [0.4, 0.5) is 17.2 Å². The molecule has 2 amide bonds. The fourth-order valence-corrected chi connectivity index (χ4v) is 5.14. The predicted octanol–water partition coefficient (Wildman–Crippen LogP) is 1.96. The Balaban J connectivity index is 1.19. The lowest BCUT2D eigenvalue weighted by Gasteiger charge is -2.15. The number of carbonyl (C=O) groups is 3. The molecule has 0 spiro atoms. The van der Waals surface area contributed by atoms with Gasteiger partial charge in [0.05, 0.1) is 25.1 Å². The van der Waals surface area contributed by atoms with Crippen molar-refractivity contribution in [2.45, 2.75) is 38.8 Å². The summed E-state index contributed by atoms with van der Waals surface area (Å²) in [5, 5.41) is 8.54. The lowest BCUT2D eigenvalue weighted by atomic mass is 9.98. The summed E-state index contributed by atoms with van der Waals surface area (Å²) in [5.74, 6) is -0.979. The van der Waals surface area contributed by atoms with Crippen molar-refractivity contribution in [1.82, 2.24) is 15.3 Å². The Morgan fingerprint density at radius 3 is 2.60 bits per heavy atom. The Morgan fingerprint density at radius 1 is 1.05 bits per heavy atom. The smallest absolute Gasteiger partial charge is 0.338 e. The number of esters is 1. The second-order valence-electron chi connectivity index (χ2n) is 10.00. The monoisotopic (exact) mass is 568 g/mol. The molecule has 12 nitrogen and oxygen atoms in total. The van der Waals surface area contributed by atoms with E-state index in [0.29, 0.717) is 24.0 Å². The molecule has 12 heteroatoms. The maximum absolute atomic E-state index is 13.0. The van der Waals surface area contributed by atoms with Crippen molar-refractivity contribution in [2.75, 3.05) is 23.5 Å². The minimum Gasteiger partial charge on any atom is -0.465 e. The van der Waals surface area contributed by atoms with Gasteiger partial charge in [-0.1, -0.05) is 30.3 Å². The first-order valence-corrected chi connectivity index (χ1v) is 13.2. The van der Waals surface area contributed by atoms with Crippen LogP contribution in [0.25, 0.3) is 0 Å². The van der Waals surface area contributed by atoms with Crippen LogP contribution < -0.4 is 32.5 Å². The van der Waals surface area contributed by atoms with Gasteiger partial charge in [0.25, 0.3) is 16.8 Å². The Kier molecular flexibility index (Phi) is 7.78. The van der Waals surface area contributed by atoms with E-state index in [1.54, 1.807) is 24.3 Å². The number of nitrogens with one attached hydrogen (secondary N) is 3. The largest absolute Gasteiger partial charge is 0.465 e. The third kappa shape index (κ3) is 5.59. The van der Waals surface area contributed by atoms with Crippen LogP contribution in [0.3, 0.4) is 0 Å². The van der Waals surface area contributed by atoms with Gasteiger partial charge in [0, 0.05) is 12.6 Å². The van der Waals surface area contributed by atoms with E-state index in [9.17, 15) is 24.0 Å². The molecule has 4 aromatic rings. The molecule has 5 N–H and O–H groups in total. The fraction of sp³-hybridized carbons (Fsp3) is 0.233. The Bertz CT molecular complexity index is 1790. The summed E-state index contributed by atoms with van der Waals surface area (Å²) < 4.78 is 4.86. The number of ether oxygens (including phenoxy) is 1. The summed E-state index contributed by atoms with van der Waals surface area (Å²) in [4.78, 5) is 68.8. The van der Waals surface area contributed by atoms with Gasteiger partial charge in [-0.2, -0.15) is 0 Å². The lowest BCUT2D eigenvalue weighted by molar-refractivity contribution is -0.115. The molecule has 42 heavy (non-hydrogen) atoms. The lowest BCUT2D eigenvalue weighted by Crippen LogP contribution is -2.36. The molecule has 0 fully saturated rings. The molecule has 1 heterocycles. The molecule has 0 radical (unpaired) electrons. The molecule has 0 unspecified atom stereocenters. The van der Waals surface area contributed by atoms with E-state index in [1.807, 2.05) is 19.1 Å². The van der Waals surface area contributed by atoms with E-state index in [-0.39, 0.29) is 47.8 Å². The molecule has 0 bridgehead atoms. The van der Waals surface area contributed by atoms with Crippen molar-refractivity contribution in [2.24, 2.45) is 0 Å². The van der Waals surface area contributed by atoms with Crippen molar-refractivity contribution in [3.63, 3.8) is 0 Å². The number of nitrogens with two attached hydrogens (primary N) is 1. The number of fused-ring (bicyclic) bond motifs is 1. The number of amides is 2. The molecular weight excluding hydrogens is 540 g/mol. The average molecular weight is 569 g/mol. The van der Waals surface area contributed by atoms with E-state index < -0.39 is 22.7 Å². The molecule has 1 atom stereocenters. The zero-order valence-corrected chi connectivity index (χ0v) is 22.9. The second kappa shape index (κ2) is 11.6. The summed E-state index contributed by atoms with van der Waals surface area (Å²) in [5.41, 5.74) is 9.16. The van der Waals surface area contributed by atoms with Crippen LogP contribution >= 0.6 is 0 Å². The van der Waals surface area contributed by atoms with Gasteiger partial charge in [-0.05, 0) is 53.6 Å². The Hall–Kier alpha value is -5.39. The van der Waals surface area contributed by atoms with Crippen LogP contribution in [0.1, 0.15) is 61.1 Å². The highest BCUT2D eigenvalue weighted by Crippen LogP contribution is 2.35. The Labute approximate surface area is 240 Å². The first-order valence-electron chi connectivity index (χ1n) is 13.2. The molecule has 3 aromatic carbocycles. The van der Waals surface area contributed by atoms with Crippen molar-refractivity contribution in [1.29, 1.82) is 0 Å². The maximum Gasteiger partial charge on any atom is 0.338 e. The van der Waals surface area contributed by atoms with Gasteiger partial charge in [-0.25, -0.2) is 14.8 Å². The maximum atomic E-state index is 13.0. The van der Waals surface area contributed by atoms with E-state index in [4.69, 9.17) is 10.5 Å². The number of methoxy groups -OCH3 is 1. The number of anilines is 3. The van der Waals surface area contributed by atoms with Crippen molar-refractivity contribution >= 4 is 35.0 Å². The van der Waals surface area contributed by atoms with E-state index in [0.717, 1.165) is 22.3 Å². The number of hydrogen-bond acceptors (Lipinski definition) is 10. The van der Waals surface area contributed by atoms with Crippen molar-refractivity contribution < 1.29 is 19.1 Å². The zero-order chi connectivity index (χ0) is 30.0. The Morgan fingerprint density at radius 2 is 1.83 bits per heavy atom. The van der Waals surface area contributed by atoms with Gasteiger partial charge in [0.1, 0.15) is 29.2 Å². The molecule has 0 aliphatic heterocycles. The number of carbonyl (C=O) groups excluding carboxylic acids is 3. The van der Waals surface area contributed by atoms with E-state index in [2.05, 4.69) is 25.9 Å². The van der Waals surface area contributed by atoms with Gasteiger partial charge < -0.3 is 26.4 Å². The number of benzene rings is 2. The number of nitrogen functional groups attached to an aromatic ring is 1. The van der Waals surface area contributed by atoms with Crippen LogP contribution in [0.15, 0.2) is 58.4 Å². The molecule has 1 aromatic heterocycles. The molecule has 1 aliphatic rings. The van der Waals surface area contributed by atoms with Crippen LogP contribution in [0.2, 0.25) is 0 Å². The summed E-state index contributed by atoms with van der Waals surface area (Å²) in [6.45, 7) is 2.13. The molecule has 0 saturated carbocycles. The standard InChI is InChI=1S/C30H28N6O6/c1-15-18-8-9-21(20(18)7-6-19(15)30(41)42-2)35-29(40)22-12-23(34-14-33-22)36-24(37)11-16-4-3-5-17(10-16)13-32-26-25(31)27(38)28(26)39/h3-7,10,12,14,21,32H,8-9,11,13,31H2,1-2H3,(H,35,40)(H,33,34,36,37)/t21-/m0/s1. The summed E-state index contributed by atoms with van der Waals surface area (Å²) in [6.07, 6.45) is 2.63. The topological polar surface area (TPSA) is 182 Å². The van der Waals surface area contributed by atoms with Gasteiger partial charge in [0.15, 0.2) is 0 Å². The van der Waals surface area contributed by atoms with Crippen LogP contribution in [0.5, 0.6) is 0 Å². The average Bonchev–Trinajstić information content (AvgIpc) is 3.40. The summed E-state index contributed by atoms with van der Waals surface area (Å²) >= 11 is 0. The zero-order valence-electron chi connectivity index (χ0n) is 22.9. The number of rotatable bonds is 9. The number of nitrogens with zero attached hydrogens (tertiary/aromatic N) is 2. The molecular formula is C30H28N6O6. The fourth-order valence-electron chi connectivity index (χ4n) is 5.14. The van der Waals surface area contributed by atoms with Crippen LogP contribution in [0, 0.1) is 6.92 Å². The molecule has 0 saturated heterocycles. The third-order valence-corrected chi connectivity index (χ3v) is 7.34. The summed E-state index contributed by atoms with van der Waals surface area (Å²) in [7, 11) is 1.34. The number of aromatic nitrogens is 2. The van der Waals surface area contributed by atoms with Gasteiger partial charge in [-0.3, -0.25) is 19.2 Å². The molecule has 1 aliphatic carbocycles. The molecule has 214 valence electrons. The van der Waals surface area contributed by atoms with Crippen molar-refractivity contribution in [3.05, 3.63) is 108 Å². The second-order valence-corrected chi connectivity index (χ2v) is 10.00. The van der Waals surface area contributed by atoms with E-state index in [1.165, 1.54) is 19.5 Å². The quantitative estimate of drug-likeness (QED) is 0.172. The van der Waals surface area contributed by atoms with Gasteiger partial charge in [-0.15, -0.1) is 0 Å². The minimum atomic E-state index is -0.692. The van der Waals surface area contributed by atoms with E-state index >= 15 is 0 Å². The molecule has 5 rings (SSSR count). The van der Waals surface area contributed by atoms with Crippen LogP contribution in [-0.4, -0.2) is 34.9 Å². The third-order valence-electron chi connectivity index (χ3n) is 7.34. The summed E-state index contributed by atoms with van der Waals surface area (Å²) in [6, 6.07) is 11.9. The first-order chi connectivity index (χ1) is 20.2. The predicted molar refractivity (Wildman–Crippen MR) is 155 cm³/mol. The number of hydrogen-bond donors (Lipinski definition) is 4.